The number of benzene rings is 1. The first-order valence-electron chi connectivity index (χ1n) is 5.07. The van der Waals surface area contributed by atoms with Crippen LogP contribution >= 0.6 is 34.8 Å². The van der Waals surface area contributed by atoms with Crippen LogP contribution in [-0.2, 0) is 10.0 Å². The lowest BCUT2D eigenvalue weighted by Crippen LogP contribution is -2.17. The van der Waals surface area contributed by atoms with E-state index in [1.807, 2.05) is 0 Å². The van der Waals surface area contributed by atoms with Crippen molar-refractivity contribution >= 4 is 50.5 Å². The average molecular weight is 335 g/mol. The lowest BCUT2D eigenvalue weighted by atomic mass is 10.3. The highest BCUT2D eigenvalue weighted by atomic mass is 35.5. The van der Waals surface area contributed by atoms with Crippen LogP contribution < -0.4 is 4.72 Å². The van der Waals surface area contributed by atoms with Crippen LogP contribution in [0.1, 0.15) is 12.8 Å². The van der Waals surface area contributed by atoms with E-state index in [-0.39, 0.29) is 21.5 Å². The molecule has 8 heteroatoms. The van der Waals surface area contributed by atoms with Gasteiger partial charge in [0.2, 0.25) is 10.0 Å². The highest BCUT2D eigenvalue weighted by molar-refractivity contribution is 7.92. The number of unbranched alkanes of at least 4 members (excludes halogenated alkanes) is 1. The van der Waals surface area contributed by atoms with Crippen molar-refractivity contribution in [1.82, 2.24) is 0 Å². The predicted octanol–water partition coefficient (Wildman–Crippen LogP) is 3.89. The van der Waals surface area contributed by atoms with Gasteiger partial charge in [0.15, 0.2) is 0 Å². The summed E-state index contributed by atoms with van der Waals surface area (Å²) in [7, 11) is -3.56. The number of rotatable bonds is 6. The van der Waals surface area contributed by atoms with E-state index in [9.17, 15) is 12.8 Å². The van der Waals surface area contributed by atoms with Gasteiger partial charge in [-0.2, -0.15) is 0 Å². The topological polar surface area (TPSA) is 46.2 Å². The summed E-state index contributed by atoms with van der Waals surface area (Å²) in [5.74, 6) is -0.327. The molecule has 0 fully saturated rings. The van der Waals surface area contributed by atoms with Crippen molar-refractivity contribution in [2.75, 3.05) is 16.4 Å². The second-order valence-electron chi connectivity index (χ2n) is 3.56. The van der Waals surface area contributed by atoms with Gasteiger partial charge >= 0.3 is 0 Å². The molecule has 0 aliphatic heterocycles. The molecule has 18 heavy (non-hydrogen) atoms. The number of alkyl halides is 1. The standard InChI is InChI=1S/C10H11Cl3FNO2S/c11-3-1-2-4-18(16,17)15-10-8(12)5-7(14)6-9(10)13/h5-6,15H,1-4H2. The first-order chi connectivity index (χ1) is 8.35. The molecule has 0 radical (unpaired) electrons. The lowest BCUT2D eigenvalue weighted by molar-refractivity contribution is 0.597. The van der Waals surface area contributed by atoms with Gasteiger partial charge in [-0.1, -0.05) is 23.2 Å². The molecule has 0 saturated carbocycles. The van der Waals surface area contributed by atoms with E-state index in [0.29, 0.717) is 18.7 Å². The molecule has 0 bridgehead atoms. The predicted molar refractivity (Wildman–Crippen MR) is 73.8 cm³/mol. The Balaban J connectivity index is 2.84. The summed E-state index contributed by atoms with van der Waals surface area (Å²) in [5.41, 5.74) is -0.00870. The molecule has 1 N–H and O–H groups in total. The van der Waals surface area contributed by atoms with Gasteiger partial charge in [-0.15, -0.1) is 11.6 Å². The van der Waals surface area contributed by atoms with Crippen LogP contribution in [0.4, 0.5) is 10.1 Å². The van der Waals surface area contributed by atoms with Crippen molar-refractivity contribution in [3.63, 3.8) is 0 Å². The monoisotopic (exact) mass is 333 g/mol. The summed E-state index contributed by atoms with van der Waals surface area (Å²) in [5, 5.41) is -0.165. The molecule has 0 aliphatic rings. The molecule has 0 amide bonds. The van der Waals surface area contributed by atoms with Crippen molar-refractivity contribution in [3.8, 4) is 0 Å². The Kier molecular flexibility index (Phi) is 5.98. The number of hydrogen-bond acceptors (Lipinski definition) is 2. The Morgan fingerprint density at radius 1 is 1.17 bits per heavy atom. The normalized spacial score (nSPS) is 11.6. The summed E-state index contributed by atoms with van der Waals surface area (Å²) in [4.78, 5) is 0. The molecule has 1 rings (SSSR count). The van der Waals surface area contributed by atoms with Crippen LogP contribution in [0.15, 0.2) is 12.1 Å². The van der Waals surface area contributed by atoms with E-state index in [1.165, 1.54) is 0 Å². The fourth-order valence-corrected chi connectivity index (χ4v) is 3.31. The Bertz CT molecular complexity index is 499. The maximum Gasteiger partial charge on any atom is 0.232 e. The fraction of sp³-hybridized carbons (Fsp3) is 0.400. The zero-order valence-corrected chi connectivity index (χ0v) is 12.3. The molecule has 1 aromatic rings. The van der Waals surface area contributed by atoms with Gasteiger partial charge in [-0.3, -0.25) is 4.72 Å². The molecule has 3 nitrogen and oxygen atoms in total. The third-order valence-corrected chi connectivity index (χ3v) is 4.27. The largest absolute Gasteiger partial charge is 0.281 e. The molecule has 0 atom stereocenters. The Morgan fingerprint density at radius 3 is 2.22 bits per heavy atom. The van der Waals surface area contributed by atoms with Gasteiger partial charge in [0, 0.05) is 5.88 Å². The number of anilines is 1. The van der Waals surface area contributed by atoms with Gasteiger partial charge in [0.25, 0.3) is 0 Å². The van der Waals surface area contributed by atoms with E-state index in [1.54, 1.807) is 0 Å². The molecular weight excluding hydrogens is 324 g/mol. The van der Waals surface area contributed by atoms with Crippen LogP contribution in [0.2, 0.25) is 10.0 Å². The van der Waals surface area contributed by atoms with Crippen LogP contribution in [0.3, 0.4) is 0 Å². The third-order valence-electron chi connectivity index (χ3n) is 2.06. The van der Waals surface area contributed by atoms with E-state index in [4.69, 9.17) is 34.8 Å². The van der Waals surface area contributed by atoms with E-state index in [2.05, 4.69) is 4.72 Å². The van der Waals surface area contributed by atoms with E-state index < -0.39 is 15.8 Å². The quantitative estimate of drug-likeness (QED) is 0.633. The minimum absolute atomic E-state index is 0.00870. The van der Waals surface area contributed by atoms with Gasteiger partial charge in [0.1, 0.15) is 5.82 Å². The second-order valence-corrected chi connectivity index (χ2v) is 6.60. The number of nitrogens with one attached hydrogen (secondary N) is 1. The first-order valence-corrected chi connectivity index (χ1v) is 8.01. The van der Waals surface area contributed by atoms with Gasteiger partial charge in [-0.05, 0) is 25.0 Å². The summed E-state index contributed by atoms with van der Waals surface area (Å²) >= 11 is 16.9. The van der Waals surface area contributed by atoms with E-state index in [0.717, 1.165) is 12.1 Å². The minimum atomic E-state index is -3.56. The summed E-state index contributed by atoms with van der Waals surface area (Å²) in [6.45, 7) is 0. The van der Waals surface area contributed by atoms with E-state index >= 15 is 0 Å². The van der Waals surface area contributed by atoms with Crippen molar-refractivity contribution in [1.29, 1.82) is 0 Å². The second kappa shape index (κ2) is 6.80. The molecule has 0 unspecified atom stereocenters. The van der Waals surface area contributed by atoms with Gasteiger partial charge in [-0.25, -0.2) is 12.8 Å². The van der Waals surface area contributed by atoms with Crippen LogP contribution in [-0.4, -0.2) is 20.1 Å². The summed E-state index contributed by atoms with van der Waals surface area (Å²) in [6, 6.07) is 1.98. The highest BCUT2D eigenvalue weighted by Crippen LogP contribution is 2.32. The molecular formula is C10H11Cl3FNO2S. The molecule has 0 heterocycles. The van der Waals surface area contributed by atoms with Crippen LogP contribution in [0.5, 0.6) is 0 Å². The smallest absolute Gasteiger partial charge is 0.232 e. The minimum Gasteiger partial charge on any atom is -0.281 e. The molecule has 0 spiro atoms. The Morgan fingerprint density at radius 2 is 1.72 bits per heavy atom. The zero-order chi connectivity index (χ0) is 13.8. The van der Waals surface area contributed by atoms with Crippen molar-refractivity contribution < 1.29 is 12.8 Å². The molecule has 0 aromatic heterocycles. The average Bonchev–Trinajstić information content (AvgIpc) is 2.23. The summed E-state index contributed by atoms with van der Waals surface area (Å²) < 4.78 is 38.6. The number of hydrogen-bond donors (Lipinski definition) is 1. The molecule has 1 aromatic carbocycles. The molecule has 0 saturated heterocycles. The van der Waals surface area contributed by atoms with Crippen molar-refractivity contribution in [3.05, 3.63) is 28.0 Å². The summed E-state index contributed by atoms with van der Waals surface area (Å²) in [6.07, 6.45) is 1.02. The molecule has 102 valence electrons. The van der Waals surface area contributed by atoms with Crippen molar-refractivity contribution in [2.24, 2.45) is 0 Å². The zero-order valence-electron chi connectivity index (χ0n) is 9.22. The Hall–Kier alpha value is -0.230. The maximum atomic E-state index is 12.9. The third kappa shape index (κ3) is 4.80. The van der Waals surface area contributed by atoms with Gasteiger partial charge < -0.3 is 0 Å². The SMILES string of the molecule is O=S(=O)(CCCCCl)Nc1c(Cl)cc(F)cc1Cl. The number of sulfonamides is 1. The molecule has 0 aliphatic carbocycles. The van der Waals surface area contributed by atoms with Crippen LogP contribution in [0.25, 0.3) is 0 Å². The Labute approximate surface area is 120 Å². The number of halogens is 4. The van der Waals surface area contributed by atoms with Crippen LogP contribution in [0, 0.1) is 5.82 Å². The van der Waals surface area contributed by atoms with Gasteiger partial charge in [0.05, 0.1) is 21.5 Å². The first kappa shape index (κ1) is 15.8. The maximum absolute atomic E-state index is 12.9. The van der Waals surface area contributed by atoms with Crippen molar-refractivity contribution in [2.45, 2.75) is 12.8 Å². The highest BCUT2D eigenvalue weighted by Gasteiger charge is 2.15. The fourth-order valence-electron chi connectivity index (χ4n) is 1.23. The lowest BCUT2D eigenvalue weighted by Gasteiger charge is -2.11.